The molecule has 0 bridgehead atoms. The second-order valence-electron chi connectivity index (χ2n) is 4.92. The van der Waals surface area contributed by atoms with E-state index in [2.05, 4.69) is 14.6 Å². The van der Waals surface area contributed by atoms with E-state index < -0.39 is 10.0 Å². The predicted molar refractivity (Wildman–Crippen MR) is 91.5 cm³/mol. The normalized spacial score (nSPS) is 16.8. The quantitative estimate of drug-likeness (QED) is 0.612. The van der Waals surface area contributed by atoms with Crippen molar-refractivity contribution < 1.29 is 8.42 Å². The molecule has 22 heavy (non-hydrogen) atoms. The summed E-state index contributed by atoms with van der Waals surface area (Å²) < 4.78 is 26.5. The lowest BCUT2D eigenvalue weighted by Gasteiger charge is -2.27. The van der Waals surface area contributed by atoms with Gasteiger partial charge in [0.15, 0.2) is 5.96 Å². The van der Waals surface area contributed by atoms with Crippen molar-refractivity contribution in [1.29, 1.82) is 0 Å². The van der Waals surface area contributed by atoms with Gasteiger partial charge >= 0.3 is 0 Å². The molecule has 8 heteroatoms. The van der Waals surface area contributed by atoms with E-state index in [0.717, 1.165) is 30.2 Å². The highest BCUT2D eigenvalue weighted by atomic mass is 32.2. The summed E-state index contributed by atoms with van der Waals surface area (Å²) in [5.74, 6) is 2.65. The molecule has 0 spiro atoms. The standard InChI is InChI=1S/C14H22N4O2S2/c1-2-17-22(19,20)13-5-3-4-12(10-13)11-16-14(15)18-6-8-21-9-7-18/h3-5,10,17H,2,6-9,11H2,1H3,(H2,15,16). The first-order chi connectivity index (χ1) is 10.5. The van der Waals surface area contributed by atoms with Crippen LogP contribution >= 0.6 is 11.8 Å². The van der Waals surface area contributed by atoms with Crippen molar-refractivity contribution >= 4 is 27.7 Å². The van der Waals surface area contributed by atoms with E-state index in [4.69, 9.17) is 5.73 Å². The van der Waals surface area contributed by atoms with Crippen LogP contribution in [0.1, 0.15) is 12.5 Å². The zero-order valence-corrected chi connectivity index (χ0v) is 14.3. The van der Waals surface area contributed by atoms with Crippen molar-refractivity contribution in [3.63, 3.8) is 0 Å². The van der Waals surface area contributed by atoms with Gasteiger partial charge in [0.1, 0.15) is 0 Å². The molecule has 0 amide bonds. The largest absolute Gasteiger partial charge is 0.370 e. The molecule has 1 aliphatic heterocycles. The van der Waals surface area contributed by atoms with Crippen LogP contribution in [0.5, 0.6) is 0 Å². The number of nitrogens with zero attached hydrogens (tertiary/aromatic N) is 2. The third-order valence-corrected chi connectivity index (χ3v) is 5.79. The van der Waals surface area contributed by atoms with Gasteiger partial charge in [0.25, 0.3) is 0 Å². The number of thioether (sulfide) groups is 1. The summed E-state index contributed by atoms with van der Waals surface area (Å²) in [6.07, 6.45) is 0. The van der Waals surface area contributed by atoms with Gasteiger partial charge in [0.05, 0.1) is 11.4 Å². The van der Waals surface area contributed by atoms with Gasteiger partial charge in [0, 0.05) is 31.1 Å². The number of nitrogens with one attached hydrogen (secondary N) is 1. The fraction of sp³-hybridized carbons (Fsp3) is 0.500. The number of sulfonamides is 1. The van der Waals surface area contributed by atoms with Crippen LogP contribution in [-0.2, 0) is 16.6 Å². The summed E-state index contributed by atoms with van der Waals surface area (Å²) in [7, 11) is -3.43. The molecule has 0 atom stereocenters. The molecule has 0 aromatic heterocycles. The molecule has 1 fully saturated rings. The van der Waals surface area contributed by atoms with Crippen LogP contribution in [0.4, 0.5) is 0 Å². The minimum absolute atomic E-state index is 0.259. The summed E-state index contributed by atoms with van der Waals surface area (Å²) in [5, 5.41) is 0. The van der Waals surface area contributed by atoms with Crippen molar-refractivity contribution in [2.75, 3.05) is 31.1 Å². The Bertz CT molecular complexity index is 625. The zero-order valence-electron chi connectivity index (χ0n) is 12.7. The number of guanidine groups is 1. The van der Waals surface area contributed by atoms with Gasteiger partial charge in [-0.25, -0.2) is 18.1 Å². The van der Waals surface area contributed by atoms with Gasteiger partial charge in [-0.15, -0.1) is 0 Å². The molecular formula is C14H22N4O2S2. The monoisotopic (exact) mass is 342 g/mol. The Balaban J connectivity index is 2.07. The lowest BCUT2D eigenvalue weighted by molar-refractivity contribution is 0.455. The Morgan fingerprint density at radius 3 is 2.82 bits per heavy atom. The molecule has 1 saturated heterocycles. The Kier molecular flexibility index (Phi) is 6.10. The van der Waals surface area contributed by atoms with E-state index >= 15 is 0 Å². The first-order valence-corrected chi connectivity index (χ1v) is 9.88. The topological polar surface area (TPSA) is 87.8 Å². The molecule has 6 nitrogen and oxygen atoms in total. The molecule has 1 aromatic carbocycles. The van der Waals surface area contributed by atoms with Crippen LogP contribution in [0.15, 0.2) is 34.2 Å². The van der Waals surface area contributed by atoms with Crippen LogP contribution in [0.3, 0.4) is 0 Å². The highest BCUT2D eigenvalue weighted by Crippen LogP contribution is 2.13. The average molecular weight is 342 g/mol. The first kappa shape index (κ1) is 17.1. The van der Waals surface area contributed by atoms with Gasteiger partial charge in [0.2, 0.25) is 10.0 Å². The Hall–Kier alpha value is -1.25. The maximum Gasteiger partial charge on any atom is 0.240 e. The van der Waals surface area contributed by atoms with Gasteiger partial charge in [-0.3, -0.25) is 0 Å². The molecule has 0 aliphatic carbocycles. The molecule has 0 radical (unpaired) electrons. The molecule has 0 saturated carbocycles. The number of hydrogen-bond donors (Lipinski definition) is 2. The van der Waals surface area contributed by atoms with Gasteiger partial charge in [-0.1, -0.05) is 19.1 Å². The van der Waals surface area contributed by atoms with Crippen LogP contribution in [-0.4, -0.2) is 50.4 Å². The van der Waals surface area contributed by atoms with Crippen molar-refractivity contribution in [2.45, 2.75) is 18.4 Å². The lowest BCUT2D eigenvalue weighted by Crippen LogP contribution is -2.42. The number of hydrogen-bond acceptors (Lipinski definition) is 4. The highest BCUT2D eigenvalue weighted by molar-refractivity contribution is 7.99. The third-order valence-electron chi connectivity index (χ3n) is 3.30. The van der Waals surface area contributed by atoms with Crippen LogP contribution in [0.25, 0.3) is 0 Å². The second-order valence-corrected chi connectivity index (χ2v) is 7.91. The summed E-state index contributed by atoms with van der Waals surface area (Å²) in [6.45, 7) is 4.32. The van der Waals surface area contributed by atoms with Crippen molar-refractivity contribution in [3.8, 4) is 0 Å². The van der Waals surface area contributed by atoms with E-state index in [1.807, 2.05) is 17.8 Å². The van der Waals surface area contributed by atoms with Crippen molar-refractivity contribution in [2.24, 2.45) is 10.7 Å². The minimum atomic E-state index is -3.43. The van der Waals surface area contributed by atoms with E-state index in [0.29, 0.717) is 19.0 Å². The number of nitrogens with two attached hydrogens (primary N) is 1. The molecule has 3 N–H and O–H groups in total. The number of aliphatic imine (C=N–C) groups is 1. The summed E-state index contributed by atoms with van der Waals surface area (Å²) in [5.41, 5.74) is 6.83. The predicted octanol–water partition coefficient (Wildman–Crippen LogP) is 0.848. The van der Waals surface area contributed by atoms with Crippen molar-refractivity contribution in [1.82, 2.24) is 9.62 Å². The SMILES string of the molecule is CCNS(=O)(=O)c1cccc(CN=C(N)N2CCSCC2)c1. The lowest BCUT2D eigenvalue weighted by atomic mass is 10.2. The molecule has 122 valence electrons. The fourth-order valence-electron chi connectivity index (χ4n) is 2.15. The third kappa shape index (κ3) is 4.62. The van der Waals surface area contributed by atoms with Gasteiger partial charge < -0.3 is 10.6 Å². The molecule has 1 heterocycles. The molecule has 0 unspecified atom stereocenters. The summed E-state index contributed by atoms with van der Waals surface area (Å²) >= 11 is 1.91. The Labute approximate surface area is 136 Å². The molecular weight excluding hydrogens is 320 g/mol. The summed E-state index contributed by atoms with van der Waals surface area (Å²) in [4.78, 5) is 6.71. The molecule has 2 rings (SSSR count). The Morgan fingerprint density at radius 2 is 2.14 bits per heavy atom. The van der Waals surface area contributed by atoms with Crippen LogP contribution in [0.2, 0.25) is 0 Å². The smallest absolute Gasteiger partial charge is 0.240 e. The van der Waals surface area contributed by atoms with Crippen LogP contribution in [0, 0.1) is 0 Å². The number of rotatable bonds is 5. The highest BCUT2D eigenvalue weighted by Gasteiger charge is 2.14. The van der Waals surface area contributed by atoms with Crippen molar-refractivity contribution in [3.05, 3.63) is 29.8 Å². The van der Waals surface area contributed by atoms with E-state index in [-0.39, 0.29) is 4.90 Å². The maximum absolute atomic E-state index is 12.0. The van der Waals surface area contributed by atoms with E-state index in [9.17, 15) is 8.42 Å². The molecule has 1 aromatic rings. The maximum atomic E-state index is 12.0. The minimum Gasteiger partial charge on any atom is -0.370 e. The first-order valence-electron chi connectivity index (χ1n) is 7.24. The van der Waals surface area contributed by atoms with E-state index in [1.165, 1.54) is 0 Å². The molecule has 1 aliphatic rings. The van der Waals surface area contributed by atoms with Gasteiger partial charge in [-0.2, -0.15) is 11.8 Å². The van der Waals surface area contributed by atoms with E-state index in [1.54, 1.807) is 25.1 Å². The van der Waals surface area contributed by atoms with Crippen LogP contribution < -0.4 is 10.5 Å². The fourth-order valence-corrected chi connectivity index (χ4v) is 4.16. The second kappa shape index (κ2) is 7.85. The summed E-state index contributed by atoms with van der Waals surface area (Å²) in [6, 6.07) is 6.80. The Morgan fingerprint density at radius 1 is 1.41 bits per heavy atom. The number of benzene rings is 1. The zero-order chi connectivity index (χ0) is 16.0. The van der Waals surface area contributed by atoms with Gasteiger partial charge in [-0.05, 0) is 17.7 Å². The average Bonchev–Trinajstić information content (AvgIpc) is 2.54.